The topological polar surface area (TPSA) is 80.8 Å². The molecule has 0 bridgehead atoms. The molecule has 4 rings (SSSR count). The lowest BCUT2D eigenvalue weighted by Gasteiger charge is -2.36. The molecule has 1 fully saturated rings. The normalized spacial score (nSPS) is 14.8. The Hall–Kier alpha value is -3.58. The zero-order valence-corrected chi connectivity index (χ0v) is 19.6. The molecule has 1 aliphatic rings. The third kappa shape index (κ3) is 5.66. The number of nitrogens with one attached hydrogen (secondary N) is 1. The number of pyridine rings is 1. The first-order chi connectivity index (χ1) is 16.5. The maximum absolute atomic E-state index is 13.0. The van der Waals surface area contributed by atoms with Crippen molar-refractivity contribution in [1.29, 1.82) is 0 Å². The highest BCUT2D eigenvalue weighted by Gasteiger charge is 2.31. The van der Waals surface area contributed by atoms with Crippen LogP contribution < -0.4 is 14.8 Å². The van der Waals surface area contributed by atoms with E-state index in [-0.39, 0.29) is 29.5 Å². The number of amides is 2. The Morgan fingerprint density at radius 1 is 1.03 bits per heavy atom. The van der Waals surface area contributed by atoms with Gasteiger partial charge >= 0.3 is 6.09 Å². The van der Waals surface area contributed by atoms with Gasteiger partial charge in [-0.3, -0.25) is 4.79 Å². The van der Waals surface area contributed by atoms with Crippen molar-refractivity contribution in [3.8, 4) is 11.6 Å². The summed E-state index contributed by atoms with van der Waals surface area (Å²) in [6.45, 7) is 1.04. The van der Waals surface area contributed by atoms with Crippen LogP contribution in [0.15, 0.2) is 72.9 Å². The molecule has 8 heteroatoms. The van der Waals surface area contributed by atoms with Gasteiger partial charge in [0.05, 0.1) is 13.2 Å². The number of ether oxygens (including phenoxy) is 2. The van der Waals surface area contributed by atoms with Crippen LogP contribution in [0.4, 0.5) is 4.79 Å². The number of nitrogens with zero attached hydrogens (tertiary/aromatic N) is 2. The van der Waals surface area contributed by atoms with E-state index in [1.807, 2.05) is 30.3 Å². The van der Waals surface area contributed by atoms with Gasteiger partial charge < -0.3 is 19.7 Å². The number of methoxy groups -OCH3 is 1. The number of benzene rings is 2. The van der Waals surface area contributed by atoms with E-state index < -0.39 is 6.09 Å². The van der Waals surface area contributed by atoms with E-state index in [4.69, 9.17) is 21.1 Å². The van der Waals surface area contributed by atoms with Crippen LogP contribution in [0.5, 0.6) is 11.6 Å². The summed E-state index contributed by atoms with van der Waals surface area (Å²) in [7, 11) is 1.48. The average molecular weight is 480 g/mol. The van der Waals surface area contributed by atoms with Gasteiger partial charge in [0.25, 0.3) is 11.8 Å². The summed E-state index contributed by atoms with van der Waals surface area (Å²) in [6.07, 6.45) is 2.58. The maximum atomic E-state index is 13.0. The molecule has 2 amide bonds. The summed E-state index contributed by atoms with van der Waals surface area (Å²) in [4.78, 5) is 31.4. The lowest BCUT2D eigenvalue weighted by Crippen LogP contribution is -2.44. The highest BCUT2D eigenvalue weighted by Crippen LogP contribution is 2.32. The quantitative estimate of drug-likeness (QED) is 0.530. The molecule has 0 saturated carbocycles. The minimum absolute atomic E-state index is 0.156. The number of rotatable bonds is 6. The molecule has 0 spiro atoms. The first-order valence-electron chi connectivity index (χ1n) is 11.1. The standard InChI is InChI=1S/C26H26ClN3O4/c1-33-25-22(8-5-15-28-25)34-26(32)30-16-13-19(14-17-30)23(18-6-3-2-4-7-18)29-24(31)20-9-11-21(27)12-10-20/h2-12,15,19,23H,13-14,16-17H2,1H3,(H,29,31). The summed E-state index contributed by atoms with van der Waals surface area (Å²) in [5, 5.41) is 3.78. The first-order valence-corrected chi connectivity index (χ1v) is 11.5. The SMILES string of the molecule is COc1ncccc1OC(=O)N1CCC(C(NC(=O)c2ccc(Cl)cc2)c2ccccc2)CC1. The molecule has 1 aromatic heterocycles. The molecule has 3 aromatic rings. The van der Waals surface area contributed by atoms with Gasteiger partial charge in [-0.05, 0) is 60.7 Å². The van der Waals surface area contributed by atoms with E-state index in [0.717, 1.165) is 18.4 Å². The van der Waals surface area contributed by atoms with Crippen LogP contribution in [0.2, 0.25) is 5.02 Å². The van der Waals surface area contributed by atoms with Gasteiger partial charge in [-0.15, -0.1) is 0 Å². The van der Waals surface area contributed by atoms with E-state index in [0.29, 0.717) is 23.7 Å². The fourth-order valence-electron chi connectivity index (χ4n) is 4.14. The third-order valence-electron chi connectivity index (χ3n) is 5.95. The number of carbonyl (C=O) groups is 2. The van der Waals surface area contributed by atoms with Crippen LogP contribution in [0, 0.1) is 5.92 Å². The number of aromatic nitrogens is 1. The number of piperidine rings is 1. The Balaban J connectivity index is 1.43. The molecule has 1 unspecified atom stereocenters. The molecule has 2 heterocycles. The lowest BCUT2D eigenvalue weighted by molar-refractivity contribution is 0.0884. The number of halogens is 1. The molecular formula is C26H26ClN3O4. The van der Waals surface area contributed by atoms with Gasteiger partial charge in [-0.1, -0.05) is 41.9 Å². The Bertz CT molecular complexity index is 1120. The van der Waals surface area contributed by atoms with Crippen LogP contribution in [0.1, 0.15) is 34.8 Å². The van der Waals surface area contributed by atoms with Crippen molar-refractivity contribution in [2.24, 2.45) is 5.92 Å². The van der Waals surface area contributed by atoms with Gasteiger partial charge in [-0.2, -0.15) is 0 Å². The largest absolute Gasteiger partial charge is 0.478 e. The molecule has 0 radical (unpaired) electrons. The van der Waals surface area contributed by atoms with Crippen LogP contribution in [0.3, 0.4) is 0 Å². The maximum Gasteiger partial charge on any atom is 0.415 e. The molecule has 1 aliphatic heterocycles. The van der Waals surface area contributed by atoms with Gasteiger partial charge in [0.2, 0.25) is 0 Å². The van der Waals surface area contributed by atoms with Crippen molar-refractivity contribution in [3.05, 3.63) is 89.1 Å². The smallest absolute Gasteiger partial charge is 0.415 e. The average Bonchev–Trinajstić information content (AvgIpc) is 2.88. The number of hydrogen-bond donors (Lipinski definition) is 1. The molecule has 176 valence electrons. The second kappa shape index (κ2) is 11.0. The minimum atomic E-state index is -0.439. The van der Waals surface area contributed by atoms with Crippen molar-refractivity contribution in [3.63, 3.8) is 0 Å². The summed E-state index contributed by atoms with van der Waals surface area (Å²) in [5.74, 6) is 0.556. The molecule has 1 N–H and O–H groups in total. The van der Waals surface area contributed by atoms with Gasteiger partial charge in [0.1, 0.15) is 0 Å². The molecule has 1 saturated heterocycles. The summed E-state index contributed by atoms with van der Waals surface area (Å²) >= 11 is 5.96. The Morgan fingerprint density at radius 2 is 1.74 bits per heavy atom. The van der Waals surface area contributed by atoms with Gasteiger partial charge in [0.15, 0.2) is 5.75 Å². The van der Waals surface area contributed by atoms with Crippen molar-refractivity contribution in [1.82, 2.24) is 15.2 Å². The molecule has 7 nitrogen and oxygen atoms in total. The van der Waals surface area contributed by atoms with Crippen LogP contribution in [-0.4, -0.2) is 42.1 Å². The fraction of sp³-hybridized carbons (Fsp3) is 0.269. The second-order valence-corrected chi connectivity index (χ2v) is 8.51. The molecular weight excluding hydrogens is 454 g/mol. The zero-order chi connectivity index (χ0) is 23.9. The highest BCUT2D eigenvalue weighted by atomic mass is 35.5. The molecule has 2 aromatic carbocycles. The Labute approximate surface area is 203 Å². The Kier molecular flexibility index (Phi) is 7.65. The number of carbonyl (C=O) groups excluding carboxylic acids is 2. The number of hydrogen-bond acceptors (Lipinski definition) is 5. The van der Waals surface area contributed by atoms with E-state index >= 15 is 0 Å². The van der Waals surface area contributed by atoms with Gasteiger partial charge in [-0.25, -0.2) is 9.78 Å². The number of likely N-dealkylation sites (tertiary alicyclic amines) is 1. The van der Waals surface area contributed by atoms with Crippen molar-refractivity contribution in [2.45, 2.75) is 18.9 Å². The summed E-state index contributed by atoms with van der Waals surface area (Å²) < 4.78 is 10.7. The lowest BCUT2D eigenvalue weighted by atomic mass is 9.85. The second-order valence-electron chi connectivity index (χ2n) is 8.07. The molecule has 1 atom stereocenters. The van der Waals surface area contributed by atoms with E-state index in [9.17, 15) is 9.59 Å². The summed E-state index contributed by atoms with van der Waals surface area (Å²) in [6, 6.07) is 19.9. The molecule has 0 aliphatic carbocycles. The minimum Gasteiger partial charge on any atom is -0.478 e. The third-order valence-corrected chi connectivity index (χ3v) is 6.20. The highest BCUT2D eigenvalue weighted by molar-refractivity contribution is 6.30. The fourth-order valence-corrected chi connectivity index (χ4v) is 4.27. The predicted molar refractivity (Wildman–Crippen MR) is 129 cm³/mol. The van der Waals surface area contributed by atoms with Crippen molar-refractivity contribution >= 4 is 23.6 Å². The van der Waals surface area contributed by atoms with Gasteiger partial charge in [0, 0.05) is 29.9 Å². The summed E-state index contributed by atoms with van der Waals surface area (Å²) in [5.41, 5.74) is 1.59. The van der Waals surface area contributed by atoms with Crippen LogP contribution in [0.25, 0.3) is 0 Å². The van der Waals surface area contributed by atoms with Crippen LogP contribution >= 0.6 is 11.6 Å². The first kappa shape index (κ1) is 23.6. The Morgan fingerprint density at radius 3 is 2.41 bits per heavy atom. The monoisotopic (exact) mass is 479 g/mol. The van der Waals surface area contributed by atoms with Crippen LogP contribution in [-0.2, 0) is 0 Å². The van der Waals surface area contributed by atoms with Crippen molar-refractivity contribution < 1.29 is 19.1 Å². The van der Waals surface area contributed by atoms with E-state index in [2.05, 4.69) is 10.3 Å². The van der Waals surface area contributed by atoms with E-state index in [1.54, 1.807) is 47.5 Å². The zero-order valence-electron chi connectivity index (χ0n) is 18.8. The van der Waals surface area contributed by atoms with Crippen molar-refractivity contribution in [2.75, 3.05) is 20.2 Å². The molecule has 34 heavy (non-hydrogen) atoms. The van der Waals surface area contributed by atoms with E-state index in [1.165, 1.54) is 7.11 Å². The predicted octanol–water partition coefficient (Wildman–Crippen LogP) is 5.13.